The molecule has 8 heteroatoms. The number of carbonyl (C=O) groups is 1. The molecule has 2 bridgehead atoms. The van der Waals surface area contributed by atoms with Gasteiger partial charge < -0.3 is 26.4 Å². The number of ether oxygens (including phenoxy) is 1. The van der Waals surface area contributed by atoms with Crippen LogP contribution in [0.4, 0.5) is 17.6 Å². The Morgan fingerprint density at radius 1 is 1.30 bits per heavy atom. The van der Waals surface area contributed by atoms with Gasteiger partial charge in [-0.3, -0.25) is 4.79 Å². The van der Waals surface area contributed by atoms with Gasteiger partial charge in [-0.05, 0) is 37.8 Å². The molecule has 1 spiro atoms. The van der Waals surface area contributed by atoms with E-state index in [4.69, 9.17) is 16.2 Å². The monoisotopic (exact) mass is 408 g/mol. The number of nitrogens with two attached hydrogens (primary N) is 2. The van der Waals surface area contributed by atoms with Gasteiger partial charge in [0.2, 0.25) is 5.95 Å². The number of nitrogens with one attached hydrogen (secondary N) is 1. The highest BCUT2D eigenvalue weighted by molar-refractivity contribution is 5.97. The predicted octanol–water partition coefficient (Wildman–Crippen LogP) is 1.67. The fourth-order valence-corrected chi connectivity index (χ4v) is 5.74. The SMILES string of the molecule is Cc1cccc(C)c1C(=O)NC[C@H]1[C@H]2CN(c3cc(N)nc(N)n3)C[C@]23CC[C@H]1O3. The van der Waals surface area contributed by atoms with E-state index >= 15 is 0 Å². The van der Waals surface area contributed by atoms with Gasteiger partial charge in [-0.25, -0.2) is 0 Å². The van der Waals surface area contributed by atoms with E-state index in [1.54, 1.807) is 6.07 Å². The molecule has 1 amide bonds. The maximum Gasteiger partial charge on any atom is 0.251 e. The molecule has 0 unspecified atom stereocenters. The summed E-state index contributed by atoms with van der Waals surface area (Å²) < 4.78 is 6.50. The van der Waals surface area contributed by atoms with Gasteiger partial charge in [-0.15, -0.1) is 0 Å². The zero-order valence-corrected chi connectivity index (χ0v) is 17.4. The maximum atomic E-state index is 12.9. The molecule has 0 radical (unpaired) electrons. The van der Waals surface area contributed by atoms with E-state index in [0.717, 1.165) is 48.4 Å². The molecule has 158 valence electrons. The molecule has 5 rings (SSSR count). The summed E-state index contributed by atoms with van der Waals surface area (Å²) in [4.78, 5) is 23.4. The number of nitrogens with zero attached hydrogens (tertiary/aromatic N) is 3. The summed E-state index contributed by atoms with van der Waals surface area (Å²) in [7, 11) is 0. The van der Waals surface area contributed by atoms with Crippen LogP contribution in [0.5, 0.6) is 0 Å². The molecule has 3 aliphatic heterocycles. The number of hydrogen-bond acceptors (Lipinski definition) is 7. The Morgan fingerprint density at radius 2 is 2.07 bits per heavy atom. The molecule has 30 heavy (non-hydrogen) atoms. The van der Waals surface area contributed by atoms with Crippen LogP contribution in [0, 0.1) is 25.7 Å². The standard InChI is InChI=1S/C22H28N6O2/c1-12-4-3-5-13(2)19(12)20(29)25-9-14-15-10-28(11-22(15)7-6-16(14)30-22)18-8-17(23)26-21(24)27-18/h3-5,8,14-16H,6-7,9-11H2,1-2H3,(H,25,29)(H4,23,24,26,27)/t14-,15+,16+,22+/m0/s1. The number of rotatable bonds is 4. The second-order valence-corrected chi connectivity index (χ2v) is 8.90. The van der Waals surface area contributed by atoms with Gasteiger partial charge in [-0.2, -0.15) is 9.97 Å². The lowest BCUT2D eigenvalue weighted by molar-refractivity contribution is 0.0141. The van der Waals surface area contributed by atoms with Gasteiger partial charge in [0.15, 0.2) is 0 Å². The van der Waals surface area contributed by atoms with Crippen LogP contribution in [0.15, 0.2) is 24.3 Å². The lowest BCUT2D eigenvalue weighted by Crippen LogP contribution is -2.42. The third-order valence-corrected chi connectivity index (χ3v) is 7.06. The molecule has 1 aromatic carbocycles. The van der Waals surface area contributed by atoms with Crippen LogP contribution < -0.4 is 21.7 Å². The summed E-state index contributed by atoms with van der Waals surface area (Å²) in [5.74, 6) is 1.92. The van der Waals surface area contributed by atoms with Crippen LogP contribution in [0.3, 0.4) is 0 Å². The zero-order valence-electron chi connectivity index (χ0n) is 17.4. The van der Waals surface area contributed by atoms with Crippen molar-refractivity contribution in [2.75, 3.05) is 36.0 Å². The number of fused-ring (bicyclic) bond motifs is 1. The molecule has 3 saturated heterocycles. The van der Waals surface area contributed by atoms with Crippen molar-refractivity contribution in [1.29, 1.82) is 0 Å². The fraction of sp³-hybridized carbons (Fsp3) is 0.500. The molecular weight excluding hydrogens is 380 g/mol. The highest BCUT2D eigenvalue weighted by Crippen LogP contribution is 2.55. The highest BCUT2D eigenvalue weighted by atomic mass is 16.5. The number of carbonyl (C=O) groups excluding carboxylic acids is 1. The Morgan fingerprint density at radius 3 is 2.80 bits per heavy atom. The topological polar surface area (TPSA) is 119 Å². The molecular formula is C22H28N6O2. The summed E-state index contributed by atoms with van der Waals surface area (Å²) >= 11 is 0. The predicted molar refractivity (Wildman–Crippen MR) is 115 cm³/mol. The van der Waals surface area contributed by atoms with Gasteiger partial charge in [0.1, 0.15) is 11.6 Å². The highest BCUT2D eigenvalue weighted by Gasteiger charge is 2.63. The van der Waals surface area contributed by atoms with Crippen LogP contribution in [-0.4, -0.2) is 47.2 Å². The fourth-order valence-electron chi connectivity index (χ4n) is 5.74. The van der Waals surface area contributed by atoms with E-state index in [2.05, 4.69) is 20.2 Å². The second-order valence-electron chi connectivity index (χ2n) is 8.90. The first-order chi connectivity index (χ1) is 14.4. The number of hydrogen-bond donors (Lipinski definition) is 3. The smallest absolute Gasteiger partial charge is 0.251 e. The minimum absolute atomic E-state index is 0.00590. The van der Waals surface area contributed by atoms with E-state index in [9.17, 15) is 4.79 Å². The quantitative estimate of drug-likeness (QED) is 0.704. The number of benzene rings is 1. The van der Waals surface area contributed by atoms with Crippen molar-refractivity contribution in [3.63, 3.8) is 0 Å². The van der Waals surface area contributed by atoms with Crippen molar-refractivity contribution in [2.45, 2.75) is 38.4 Å². The molecule has 0 saturated carbocycles. The number of amides is 1. The molecule has 4 heterocycles. The van der Waals surface area contributed by atoms with Crippen LogP contribution in [-0.2, 0) is 4.74 Å². The van der Waals surface area contributed by atoms with Crippen molar-refractivity contribution in [1.82, 2.24) is 15.3 Å². The van der Waals surface area contributed by atoms with E-state index in [-0.39, 0.29) is 29.5 Å². The Hall–Kier alpha value is -2.87. The summed E-state index contributed by atoms with van der Waals surface area (Å²) in [6, 6.07) is 7.70. The number of aromatic nitrogens is 2. The molecule has 0 aliphatic carbocycles. The van der Waals surface area contributed by atoms with Crippen LogP contribution in [0.25, 0.3) is 0 Å². The zero-order chi connectivity index (χ0) is 21.0. The lowest BCUT2D eigenvalue weighted by Gasteiger charge is -2.29. The van der Waals surface area contributed by atoms with Crippen LogP contribution in [0.1, 0.15) is 34.3 Å². The van der Waals surface area contributed by atoms with Gasteiger partial charge >= 0.3 is 0 Å². The first-order valence-electron chi connectivity index (χ1n) is 10.5. The van der Waals surface area contributed by atoms with Gasteiger partial charge in [-0.1, -0.05) is 18.2 Å². The Balaban J connectivity index is 1.32. The normalized spacial score (nSPS) is 29.3. The molecule has 3 fully saturated rings. The van der Waals surface area contributed by atoms with Gasteiger partial charge in [0.05, 0.1) is 11.7 Å². The first-order valence-corrected chi connectivity index (χ1v) is 10.5. The third-order valence-electron chi connectivity index (χ3n) is 7.06. The van der Waals surface area contributed by atoms with E-state index < -0.39 is 0 Å². The molecule has 8 nitrogen and oxygen atoms in total. The minimum atomic E-state index is -0.173. The van der Waals surface area contributed by atoms with E-state index in [0.29, 0.717) is 18.3 Å². The maximum absolute atomic E-state index is 12.9. The molecule has 1 aromatic heterocycles. The molecule has 2 aromatic rings. The van der Waals surface area contributed by atoms with Crippen molar-refractivity contribution in [3.05, 3.63) is 41.0 Å². The van der Waals surface area contributed by atoms with E-state index in [1.807, 2.05) is 32.0 Å². The summed E-state index contributed by atoms with van der Waals surface area (Å²) in [5.41, 5.74) is 14.3. The lowest BCUT2D eigenvalue weighted by atomic mass is 9.73. The van der Waals surface area contributed by atoms with Crippen molar-refractivity contribution in [2.24, 2.45) is 11.8 Å². The van der Waals surface area contributed by atoms with Crippen LogP contribution in [0.2, 0.25) is 0 Å². The molecule has 4 atom stereocenters. The average Bonchev–Trinajstić information content (AvgIpc) is 3.34. The third kappa shape index (κ3) is 2.98. The van der Waals surface area contributed by atoms with Gasteiger partial charge in [0.25, 0.3) is 5.91 Å². The number of anilines is 3. The summed E-state index contributed by atoms with van der Waals surface area (Å²) in [6.45, 7) is 6.16. The summed E-state index contributed by atoms with van der Waals surface area (Å²) in [6.07, 6.45) is 2.27. The average molecular weight is 409 g/mol. The van der Waals surface area contributed by atoms with Crippen molar-refractivity contribution < 1.29 is 9.53 Å². The van der Waals surface area contributed by atoms with Crippen molar-refractivity contribution in [3.8, 4) is 0 Å². The van der Waals surface area contributed by atoms with Gasteiger partial charge in [0, 0.05) is 43.1 Å². The molecule has 3 aliphatic rings. The van der Waals surface area contributed by atoms with Crippen LogP contribution >= 0.6 is 0 Å². The summed E-state index contributed by atoms with van der Waals surface area (Å²) in [5, 5.41) is 3.19. The Labute approximate surface area is 176 Å². The number of nitrogen functional groups attached to an aromatic ring is 2. The Bertz CT molecular complexity index is 971. The van der Waals surface area contributed by atoms with E-state index in [1.165, 1.54) is 0 Å². The second kappa shape index (κ2) is 6.84. The largest absolute Gasteiger partial charge is 0.383 e. The number of aryl methyl sites for hydroxylation is 2. The molecule has 5 N–H and O–H groups in total. The first kappa shape index (κ1) is 19.1. The van der Waals surface area contributed by atoms with Crippen molar-refractivity contribution >= 4 is 23.5 Å². The minimum Gasteiger partial charge on any atom is -0.383 e. The Kier molecular flexibility index (Phi) is 4.36.